The zero-order valence-corrected chi connectivity index (χ0v) is 13.8. The second kappa shape index (κ2) is 5.32. The van der Waals surface area contributed by atoms with Crippen LogP contribution in [0.4, 0.5) is 11.4 Å². The average molecular weight is 382 g/mol. The monoisotopic (exact) mass is 380 g/mol. The van der Waals surface area contributed by atoms with E-state index in [-0.39, 0.29) is 9.92 Å². The van der Waals surface area contributed by atoms with E-state index in [1.165, 1.54) is 23.5 Å². The first-order chi connectivity index (χ1) is 8.79. The molecular weight excluding hydrogens is 372 g/mol. The third kappa shape index (κ3) is 3.22. The zero-order valence-electron chi connectivity index (χ0n) is 9.78. The van der Waals surface area contributed by atoms with Crippen LogP contribution >= 0.6 is 38.9 Å². The summed E-state index contributed by atoms with van der Waals surface area (Å²) in [4.78, 5) is 0.934. The van der Waals surface area contributed by atoms with Crippen LogP contribution in [0.15, 0.2) is 32.9 Å². The molecule has 0 radical (unpaired) electrons. The van der Waals surface area contributed by atoms with Crippen molar-refractivity contribution in [2.24, 2.45) is 0 Å². The van der Waals surface area contributed by atoms with Gasteiger partial charge in [0.25, 0.3) is 10.0 Å². The summed E-state index contributed by atoms with van der Waals surface area (Å²) >= 11 is 10.6. The Morgan fingerprint density at radius 1 is 1.37 bits per heavy atom. The summed E-state index contributed by atoms with van der Waals surface area (Å²) in [7, 11) is -3.65. The second-order valence-corrected chi connectivity index (χ2v) is 8.51. The number of nitrogens with one attached hydrogen (secondary N) is 1. The van der Waals surface area contributed by atoms with Gasteiger partial charge in [-0.3, -0.25) is 4.72 Å². The van der Waals surface area contributed by atoms with Crippen molar-refractivity contribution in [1.29, 1.82) is 0 Å². The van der Waals surface area contributed by atoms with Crippen LogP contribution in [0.2, 0.25) is 5.02 Å². The van der Waals surface area contributed by atoms with Gasteiger partial charge in [-0.25, -0.2) is 8.42 Å². The molecular formula is C11H10BrClN2O2S2. The Kier molecular flexibility index (Phi) is 4.10. The van der Waals surface area contributed by atoms with Crippen LogP contribution in [0.3, 0.4) is 0 Å². The number of hydrogen-bond donors (Lipinski definition) is 2. The first-order valence-corrected chi connectivity index (χ1v) is 8.60. The minimum absolute atomic E-state index is 0.234. The Morgan fingerprint density at radius 2 is 2.05 bits per heavy atom. The molecule has 2 rings (SSSR count). The fraction of sp³-hybridized carbons (Fsp3) is 0.0909. The highest BCUT2D eigenvalue weighted by Crippen LogP contribution is 2.32. The van der Waals surface area contributed by atoms with Crippen molar-refractivity contribution < 1.29 is 8.42 Å². The molecule has 0 saturated carbocycles. The normalized spacial score (nSPS) is 11.5. The van der Waals surface area contributed by atoms with E-state index in [9.17, 15) is 8.42 Å². The zero-order chi connectivity index (χ0) is 14.2. The lowest BCUT2D eigenvalue weighted by Gasteiger charge is -2.09. The van der Waals surface area contributed by atoms with Gasteiger partial charge in [-0.1, -0.05) is 11.6 Å². The maximum Gasteiger partial charge on any atom is 0.263 e. The third-order valence-corrected chi connectivity index (χ3v) is 5.86. The summed E-state index contributed by atoms with van der Waals surface area (Å²) in [5, 5.41) is 0.260. The highest BCUT2D eigenvalue weighted by Gasteiger charge is 2.20. The fourth-order valence-corrected chi connectivity index (χ4v) is 5.30. The summed E-state index contributed by atoms with van der Waals surface area (Å²) in [6, 6.07) is 6.18. The summed E-state index contributed by atoms with van der Waals surface area (Å²) in [6.45, 7) is 1.74. The molecule has 0 amide bonds. The molecule has 102 valence electrons. The van der Waals surface area contributed by atoms with E-state index < -0.39 is 10.0 Å². The number of halogens is 2. The minimum Gasteiger partial charge on any atom is -0.399 e. The molecule has 19 heavy (non-hydrogen) atoms. The summed E-state index contributed by atoms with van der Waals surface area (Å²) in [5.74, 6) is 0. The molecule has 0 fully saturated rings. The lowest BCUT2D eigenvalue weighted by molar-refractivity contribution is 0.601. The first-order valence-electron chi connectivity index (χ1n) is 5.13. The molecule has 4 nitrogen and oxygen atoms in total. The lowest BCUT2D eigenvalue weighted by Crippen LogP contribution is -2.13. The molecule has 0 bridgehead atoms. The second-order valence-electron chi connectivity index (χ2n) is 3.82. The SMILES string of the molecule is Cc1sc(Br)cc1S(=O)(=O)Nc1ccc(N)cc1Cl. The molecule has 1 heterocycles. The van der Waals surface area contributed by atoms with Gasteiger partial charge in [0.1, 0.15) is 4.90 Å². The van der Waals surface area contributed by atoms with E-state index in [1.54, 1.807) is 19.1 Å². The Hall–Kier alpha value is -0.760. The topological polar surface area (TPSA) is 72.2 Å². The van der Waals surface area contributed by atoms with Crippen molar-refractivity contribution >= 4 is 60.3 Å². The smallest absolute Gasteiger partial charge is 0.263 e. The third-order valence-electron chi connectivity index (χ3n) is 2.37. The molecule has 0 atom stereocenters. The Bertz CT molecular complexity index is 728. The largest absolute Gasteiger partial charge is 0.399 e. The van der Waals surface area contributed by atoms with Crippen LogP contribution in [0.1, 0.15) is 4.88 Å². The molecule has 0 saturated heterocycles. The van der Waals surface area contributed by atoms with E-state index >= 15 is 0 Å². The summed E-state index contributed by atoms with van der Waals surface area (Å²) < 4.78 is 27.7. The maximum atomic E-state index is 12.3. The van der Waals surface area contributed by atoms with Crippen molar-refractivity contribution in [2.45, 2.75) is 11.8 Å². The number of benzene rings is 1. The van der Waals surface area contributed by atoms with Crippen molar-refractivity contribution in [3.8, 4) is 0 Å². The number of thiophene rings is 1. The molecule has 1 aromatic heterocycles. The van der Waals surface area contributed by atoms with Crippen molar-refractivity contribution in [3.05, 3.63) is 38.0 Å². The van der Waals surface area contributed by atoms with E-state index in [4.69, 9.17) is 17.3 Å². The van der Waals surface area contributed by atoms with Crippen molar-refractivity contribution in [3.63, 3.8) is 0 Å². The average Bonchev–Trinajstić information content (AvgIpc) is 2.63. The Balaban J connectivity index is 2.39. The van der Waals surface area contributed by atoms with Crippen LogP contribution in [-0.2, 0) is 10.0 Å². The van der Waals surface area contributed by atoms with Crippen LogP contribution < -0.4 is 10.5 Å². The maximum absolute atomic E-state index is 12.3. The number of rotatable bonds is 3. The van der Waals surface area contributed by atoms with Gasteiger partial charge in [-0.15, -0.1) is 11.3 Å². The highest BCUT2D eigenvalue weighted by atomic mass is 79.9. The molecule has 8 heteroatoms. The van der Waals surface area contributed by atoms with Crippen molar-refractivity contribution in [1.82, 2.24) is 0 Å². The molecule has 0 aliphatic heterocycles. The van der Waals surface area contributed by atoms with Crippen LogP contribution in [0.5, 0.6) is 0 Å². The van der Waals surface area contributed by atoms with Gasteiger partial charge in [0.2, 0.25) is 0 Å². The van der Waals surface area contributed by atoms with Gasteiger partial charge < -0.3 is 5.73 Å². The van der Waals surface area contributed by atoms with Crippen LogP contribution in [0, 0.1) is 6.92 Å². The quantitative estimate of drug-likeness (QED) is 0.793. The Morgan fingerprint density at radius 3 is 2.58 bits per heavy atom. The predicted octanol–water partition coefficient (Wildman–Crippen LogP) is 3.86. The van der Waals surface area contributed by atoms with Crippen molar-refractivity contribution in [2.75, 3.05) is 10.5 Å². The number of hydrogen-bond acceptors (Lipinski definition) is 4. The fourth-order valence-electron chi connectivity index (χ4n) is 1.51. The van der Waals surface area contributed by atoms with E-state index in [0.29, 0.717) is 16.3 Å². The number of aryl methyl sites for hydroxylation is 1. The highest BCUT2D eigenvalue weighted by molar-refractivity contribution is 9.11. The summed E-state index contributed by atoms with van der Waals surface area (Å²) in [6.07, 6.45) is 0. The predicted molar refractivity (Wildman–Crippen MR) is 83.4 cm³/mol. The number of anilines is 2. The molecule has 0 spiro atoms. The van der Waals surface area contributed by atoms with Gasteiger partial charge >= 0.3 is 0 Å². The minimum atomic E-state index is -3.65. The lowest BCUT2D eigenvalue weighted by atomic mass is 10.3. The number of nitrogen functional groups attached to an aromatic ring is 1. The van der Waals surface area contributed by atoms with Gasteiger partial charge in [-0.2, -0.15) is 0 Å². The van der Waals surface area contributed by atoms with E-state index in [2.05, 4.69) is 20.7 Å². The van der Waals surface area contributed by atoms with Gasteiger partial charge in [0.15, 0.2) is 0 Å². The molecule has 3 N–H and O–H groups in total. The van der Waals surface area contributed by atoms with E-state index in [1.807, 2.05) is 0 Å². The van der Waals surface area contributed by atoms with Gasteiger partial charge in [0.05, 0.1) is 14.5 Å². The number of sulfonamides is 1. The molecule has 0 aliphatic rings. The van der Waals surface area contributed by atoms with Gasteiger partial charge in [0, 0.05) is 10.6 Å². The van der Waals surface area contributed by atoms with Gasteiger partial charge in [-0.05, 0) is 47.1 Å². The number of nitrogens with two attached hydrogens (primary N) is 1. The summed E-state index contributed by atoms with van der Waals surface area (Å²) in [5.41, 5.74) is 6.34. The molecule has 0 unspecified atom stereocenters. The van der Waals surface area contributed by atoms with E-state index in [0.717, 1.165) is 3.79 Å². The standard InChI is InChI=1S/C11H10BrClN2O2S2/c1-6-10(5-11(12)18-6)19(16,17)15-9-3-2-7(14)4-8(9)13/h2-5,15H,14H2,1H3. The van der Waals surface area contributed by atoms with Crippen LogP contribution in [-0.4, -0.2) is 8.42 Å². The molecule has 1 aromatic carbocycles. The molecule has 2 aromatic rings. The van der Waals surface area contributed by atoms with Crippen LogP contribution in [0.25, 0.3) is 0 Å². The Labute approximate surface area is 128 Å². The first kappa shape index (κ1) is 14.6. The molecule has 0 aliphatic carbocycles.